The third kappa shape index (κ3) is 2.83. The van der Waals surface area contributed by atoms with Gasteiger partial charge in [-0.25, -0.2) is 8.78 Å². The van der Waals surface area contributed by atoms with Crippen LogP contribution in [0.4, 0.5) is 8.78 Å². The zero-order valence-electron chi connectivity index (χ0n) is 6.96. The van der Waals surface area contributed by atoms with Crippen LogP contribution in [0.25, 0.3) is 0 Å². The molecule has 0 heterocycles. The molecule has 0 bridgehead atoms. The summed E-state index contributed by atoms with van der Waals surface area (Å²) >= 11 is 0. The van der Waals surface area contributed by atoms with Gasteiger partial charge in [0.25, 0.3) is 0 Å². The Hall–Kier alpha value is -0.860. The van der Waals surface area contributed by atoms with E-state index in [1.165, 1.54) is 0 Å². The molecule has 70 valence electrons. The van der Waals surface area contributed by atoms with Gasteiger partial charge in [-0.15, -0.1) is 4.52 Å². The van der Waals surface area contributed by atoms with Gasteiger partial charge < -0.3 is 0 Å². The molecule has 1 atom stereocenters. The molecule has 0 aliphatic rings. The summed E-state index contributed by atoms with van der Waals surface area (Å²) in [6.45, 7) is 1.90. The second-order valence-corrected chi connectivity index (χ2v) is 3.59. The van der Waals surface area contributed by atoms with Gasteiger partial charge in [-0.2, -0.15) is 0 Å². The summed E-state index contributed by atoms with van der Waals surface area (Å²) in [5.74, 6) is -1.50. The zero-order valence-corrected chi connectivity index (χ0v) is 7.85. The summed E-state index contributed by atoms with van der Waals surface area (Å²) in [7, 11) is -2.14. The van der Waals surface area contributed by atoms with Crippen LogP contribution in [0.5, 0.6) is 0 Å². The highest BCUT2D eigenvalue weighted by molar-refractivity contribution is 7.48. The molecular weight excluding hydrogens is 197 g/mol. The quantitative estimate of drug-likeness (QED) is 0.708. The molecule has 0 spiro atoms. The lowest BCUT2D eigenvalue weighted by Gasteiger charge is -1.89. The molecule has 13 heavy (non-hydrogen) atoms. The van der Waals surface area contributed by atoms with Crippen molar-refractivity contribution >= 4 is 13.3 Å². The lowest BCUT2D eigenvalue weighted by Crippen LogP contribution is -2.01. The molecule has 2 nitrogen and oxygen atoms in total. The zero-order chi connectivity index (χ0) is 9.84. The van der Waals surface area contributed by atoms with Gasteiger partial charge in [-0.3, -0.25) is 0 Å². The molecule has 0 saturated carbocycles. The van der Waals surface area contributed by atoms with E-state index < -0.39 is 19.7 Å². The maximum atomic E-state index is 12.6. The fourth-order valence-electron chi connectivity index (χ4n) is 0.836. The molecule has 1 unspecified atom stereocenters. The van der Waals surface area contributed by atoms with Crippen molar-refractivity contribution in [2.45, 2.75) is 6.92 Å². The van der Waals surface area contributed by atoms with Crippen LogP contribution in [0.3, 0.4) is 0 Å². The fourth-order valence-corrected chi connectivity index (χ4v) is 1.68. The number of benzene rings is 1. The van der Waals surface area contributed by atoms with E-state index in [1.807, 2.05) is 0 Å². The van der Waals surface area contributed by atoms with Crippen LogP contribution in [-0.2, 0) is 9.09 Å². The van der Waals surface area contributed by atoms with Gasteiger partial charge >= 0.3 is 8.03 Å². The lowest BCUT2D eigenvalue weighted by atomic mass is 10.3. The normalized spacial score (nSPS) is 11.5. The highest BCUT2D eigenvalue weighted by atomic mass is 31.1. The molecular formula is C8H8F2O2P+. The Bertz CT molecular complexity index is 308. The van der Waals surface area contributed by atoms with E-state index in [2.05, 4.69) is 0 Å². The van der Waals surface area contributed by atoms with Crippen molar-refractivity contribution in [1.82, 2.24) is 0 Å². The van der Waals surface area contributed by atoms with E-state index in [4.69, 9.17) is 4.52 Å². The molecule has 0 amide bonds. The van der Waals surface area contributed by atoms with Crippen LogP contribution in [0, 0.1) is 11.6 Å². The first-order valence-corrected chi connectivity index (χ1v) is 4.87. The van der Waals surface area contributed by atoms with Gasteiger partial charge in [0.1, 0.15) is 18.2 Å². The van der Waals surface area contributed by atoms with E-state index in [-0.39, 0.29) is 11.9 Å². The second kappa shape index (κ2) is 4.40. The van der Waals surface area contributed by atoms with Gasteiger partial charge in [0, 0.05) is 18.2 Å². The van der Waals surface area contributed by atoms with E-state index in [0.717, 1.165) is 18.2 Å². The largest absolute Gasteiger partial charge is 0.548 e. The standard InChI is InChI=1S/C8H8F2O2P/c1-2-12-13(11)8-4-6(9)3-7(10)5-8/h3-5H,2H2,1H3/q+1. The summed E-state index contributed by atoms with van der Waals surface area (Å²) in [5, 5.41) is 0.0364. The molecule has 0 radical (unpaired) electrons. The van der Waals surface area contributed by atoms with E-state index >= 15 is 0 Å². The number of rotatable bonds is 3. The SMILES string of the molecule is CCO[P+](=O)c1cc(F)cc(F)c1. The molecule has 1 aromatic rings. The molecule has 1 aromatic carbocycles. The van der Waals surface area contributed by atoms with Crippen molar-refractivity contribution < 1.29 is 17.9 Å². The molecule has 0 saturated heterocycles. The van der Waals surface area contributed by atoms with E-state index in [9.17, 15) is 13.3 Å². The van der Waals surface area contributed by atoms with Crippen molar-refractivity contribution in [2.75, 3.05) is 6.61 Å². The van der Waals surface area contributed by atoms with Crippen molar-refractivity contribution in [2.24, 2.45) is 0 Å². The molecule has 0 aliphatic carbocycles. The Balaban J connectivity index is 2.94. The van der Waals surface area contributed by atoms with Gasteiger partial charge in [0.2, 0.25) is 5.30 Å². The average molecular weight is 205 g/mol. The van der Waals surface area contributed by atoms with Crippen molar-refractivity contribution in [3.05, 3.63) is 29.8 Å². The maximum absolute atomic E-state index is 12.6. The van der Waals surface area contributed by atoms with Crippen LogP contribution in [0.15, 0.2) is 18.2 Å². The molecule has 1 rings (SSSR count). The molecule has 0 aliphatic heterocycles. The Morgan fingerprint density at radius 2 is 1.85 bits per heavy atom. The lowest BCUT2D eigenvalue weighted by molar-refractivity contribution is 0.357. The molecule has 5 heteroatoms. The Labute approximate surface area is 75.4 Å². The maximum Gasteiger partial charge on any atom is 0.548 e. The van der Waals surface area contributed by atoms with Crippen LogP contribution in [0.1, 0.15) is 6.92 Å². The van der Waals surface area contributed by atoms with E-state index in [0.29, 0.717) is 0 Å². The number of hydrogen-bond donors (Lipinski definition) is 0. The Morgan fingerprint density at radius 1 is 1.31 bits per heavy atom. The summed E-state index contributed by atoms with van der Waals surface area (Å²) in [4.78, 5) is 0. The minimum absolute atomic E-state index is 0.0364. The van der Waals surface area contributed by atoms with Crippen LogP contribution < -0.4 is 5.30 Å². The third-order valence-electron chi connectivity index (χ3n) is 1.30. The fraction of sp³-hybridized carbons (Fsp3) is 0.250. The first-order valence-electron chi connectivity index (χ1n) is 3.69. The summed E-state index contributed by atoms with van der Waals surface area (Å²) in [6.07, 6.45) is 0. The topological polar surface area (TPSA) is 26.3 Å². The van der Waals surface area contributed by atoms with Crippen LogP contribution in [-0.4, -0.2) is 6.61 Å². The van der Waals surface area contributed by atoms with Crippen molar-refractivity contribution in [3.63, 3.8) is 0 Å². The Morgan fingerprint density at radius 3 is 2.31 bits per heavy atom. The first-order chi connectivity index (χ1) is 6.13. The molecule has 0 aromatic heterocycles. The number of halogens is 2. The van der Waals surface area contributed by atoms with Gasteiger partial charge in [-0.05, 0) is 11.5 Å². The minimum atomic E-state index is -2.14. The number of hydrogen-bond acceptors (Lipinski definition) is 2. The molecule has 0 fully saturated rings. The second-order valence-electron chi connectivity index (χ2n) is 2.30. The first kappa shape index (κ1) is 10.2. The highest BCUT2D eigenvalue weighted by Gasteiger charge is 2.22. The molecule has 0 N–H and O–H groups in total. The Kier molecular flexibility index (Phi) is 3.46. The van der Waals surface area contributed by atoms with Crippen molar-refractivity contribution in [1.29, 1.82) is 0 Å². The minimum Gasteiger partial charge on any atom is -0.207 e. The predicted octanol–water partition coefficient (Wildman–Crippen LogP) is 2.37. The van der Waals surface area contributed by atoms with Gasteiger partial charge in [-0.1, -0.05) is 0 Å². The smallest absolute Gasteiger partial charge is 0.207 e. The summed E-state index contributed by atoms with van der Waals surface area (Å²) < 4.78 is 41.1. The average Bonchev–Trinajstić information content (AvgIpc) is 2.03. The third-order valence-corrected chi connectivity index (χ3v) is 2.48. The van der Waals surface area contributed by atoms with Crippen molar-refractivity contribution in [3.8, 4) is 0 Å². The monoisotopic (exact) mass is 205 g/mol. The van der Waals surface area contributed by atoms with Crippen LogP contribution in [0.2, 0.25) is 0 Å². The highest BCUT2D eigenvalue weighted by Crippen LogP contribution is 2.21. The van der Waals surface area contributed by atoms with Gasteiger partial charge in [0.15, 0.2) is 0 Å². The van der Waals surface area contributed by atoms with Crippen LogP contribution >= 0.6 is 8.03 Å². The summed E-state index contributed by atoms with van der Waals surface area (Å²) in [5.41, 5.74) is 0. The van der Waals surface area contributed by atoms with Gasteiger partial charge in [0.05, 0.1) is 0 Å². The summed E-state index contributed by atoms with van der Waals surface area (Å²) in [6, 6.07) is 2.72. The predicted molar refractivity (Wildman–Crippen MR) is 45.2 cm³/mol. The van der Waals surface area contributed by atoms with E-state index in [1.54, 1.807) is 6.92 Å².